The van der Waals surface area contributed by atoms with Crippen LogP contribution in [-0.4, -0.2) is 4.70 Å². The molecule has 0 aromatic heterocycles. The number of allylic oxidation sites excluding steroid dienone is 2. The first-order valence-corrected chi connectivity index (χ1v) is 44.6. The van der Waals surface area contributed by atoms with Crippen LogP contribution in [0.2, 0.25) is 0 Å². The number of aryl methyl sites for hydroxylation is 4. The average Bonchev–Trinajstić information content (AvgIpc) is 1.59. The van der Waals surface area contributed by atoms with Gasteiger partial charge in [-0.05, 0) is 148 Å². The van der Waals surface area contributed by atoms with E-state index < -0.39 is 0 Å². The Morgan fingerprint density at radius 1 is 0.245 bits per heavy atom. The predicted octanol–water partition coefficient (Wildman–Crippen LogP) is 33.7. The van der Waals surface area contributed by atoms with Crippen molar-refractivity contribution in [2.45, 2.75) is 499 Å². The smallest absolute Gasteiger partial charge is 0.493 e. The quantitative estimate of drug-likeness (QED) is 0.0273. The van der Waals surface area contributed by atoms with Gasteiger partial charge < -0.3 is 19.4 Å². The van der Waals surface area contributed by atoms with Gasteiger partial charge in [0.15, 0.2) is 0 Å². The number of unbranched alkanes of at least 4 members (excludes halogenated alkanes) is 52. The van der Waals surface area contributed by atoms with E-state index in [0.29, 0.717) is 0 Å². The van der Waals surface area contributed by atoms with Crippen LogP contribution in [0.25, 0.3) is 16.9 Å². The Labute approximate surface area is 631 Å². The minimum Gasteiger partial charge on any atom is -0.493 e. The van der Waals surface area contributed by atoms with Gasteiger partial charge in [0, 0.05) is 22.8 Å². The van der Waals surface area contributed by atoms with Crippen LogP contribution in [0.5, 0.6) is 0 Å². The van der Waals surface area contributed by atoms with E-state index in [1.807, 2.05) is 0 Å². The van der Waals surface area contributed by atoms with Gasteiger partial charge in [0.1, 0.15) is 0 Å². The molecule has 0 amide bonds. The summed E-state index contributed by atoms with van der Waals surface area (Å²) in [6, 6.07) is 10.1. The Balaban J connectivity index is 0.00000196. The van der Waals surface area contributed by atoms with Gasteiger partial charge in [-0.25, -0.2) is 4.70 Å². The van der Waals surface area contributed by atoms with Crippen molar-refractivity contribution in [2.24, 2.45) is 0 Å². The maximum absolute atomic E-state index is 12.7. The molecule has 2 nitrogen and oxygen atoms in total. The molecule has 2 aromatic rings. The Kier molecular flexibility index (Phi) is 72.1. The fourth-order valence-electron chi connectivity index (χ4n) is 15.1. The molecule has 0 radical (unpaired) electrons. The van der Waals surface area contributed by atoms with Gasteiger partial charge in [-0.1, -0.05) is 396 Å². The zero-order chi connectivity index (χ0) is 70.5. The second-order valence-corrected chi connectivity index (χ2v) is 30.9. The molecule has 572 valence electrons. The summed E-state index contributed by atoms with van der Waals surface area (Å²) in [6.45, 7) is 28.6. The van der Waals surface area contributed by atoms with Crippen molar-refractivity contribution in [3.05, 3.63) is 99.8 Å². The Bertz CT molecular complexity index is 1970. The molecule has 0 saturated carbocycles. The zero-order valence-electron chi connectivity index (χ0n) is 68.1. The molecule has 0 bridgehead atoms. The summed E-state index contributed by atoms with van der Waals surface area (Å²) in [7, 11) is 0. The summed E-state index contributed by atoms with van der Waals surface area (Å²) in [5.74, 6) is 0. The largest absolute Gasteiger partial charge is 2.00 e. The molecule has 2 aromatic carbocycles. The van der Waals surface area contributed by atoms with Crippen molar-refractivity contribution in [3.8, 4) is 0 Å². The molecule has 1 aliphatic heterocycles. The summed E-state index contributed by atoms with van der Waals surface area (Å²) >= 11 is 0. The van der Waals surface area contributed by atoms with Crippen LogP contribution in [0.15, 0.2) is 35.9 Å². The molecular formula is C95H172N2Pd. The Hall–Kier alpha value is -1.82. The molecule has 98 heavy (non-hydrogen) atoms. The number of benzene rings is 2. The molecular weight excluding hydrogens is 1280 g/mol. The van der Waals surface area contributed by atoms with E-state index in [-0.39, 0.29) is 20.4 Å². The van der Waals surface area contributed by atoms with E-state index in [2.05, 4.69) is 107 Å². The predicted molar refractivity (Wildman–Crippen MR) is 442 cm³/mol. The monoisotopic (exact) mass is 1450 g/mol. The topological polar surface area (TPSA) is 25.3 Å². The molecule has 0 N–H and O–H groups in total. The first kappa shape index (κ1) is 96.2. The Morgan fingerprint density at radius 3 is 0.684 bits per heavy atom. The molecule has 1 aliphatic rings. The van der Waals surface area contributed by atoms with E-state index in [4.69, 9.17) is 0 Å². The van der Waals surface area contributed by atoms with Crippen LogP contribution in [0.1, 0.15) is 505 Å². The van der Waals surface area contributed by atoms with Crippen molar-refractivity contribution in [1.29, 1.82) is 0 Å². The van der Waals surface area contributed by atoms with E-state index in [9.17, 15) is 5.53 Å². The molecule has 3 heteroatoms. The van der Waals surface area contributed by atoms with Crippen molar-refractivity contribution in [1.82, 2.24) is 0 Å². The molecule has 0 aliphatic carbocycles. The molecule has 1 heterocycles. The van der Waals surface area contributed by atoms with Gasteiger partial charge in [-0.15, -0.1) is 0 Å². The third-order valence-corrected chi connectivity index (χ3v) is 21.5. The maximum Gasteiger partial charge on any atom is 2.00 e. The van der Waals surface area contributed by atoms with Gasteiger partial charge in [0.2, 0.25) is 11.4 Å². The SMILES string of the molecule is CCCCCCc1cc(C2=CC(CCCCC)=C(c3cc(CCCCCC)c(CCCCCC)c(CCCCCC)c3)[N+]2=[N-])cc(CCCCCC)c1CCCCCC.[CH2-]CCCCCCCCCCCCCCCCCC.[CH2-]CCCCCCCCCCCCCCCCCC.[Pd+2]. The van der Waals surface area contributed by atoms with Crippen LogP contribution in [-0.2, 0) is 58.9 Å². The van der Waals surface area contributed by atoms with E-state index >= 15 is 0 Å². The van der Waals surface area contributed by atoms with Crippen LogP contribution in [0.3, 0.4) is 0 Å². The Morgan fingerprint density at radius 2 is 0.439 bits per heavy atom. The fraction of sp³-hybridized carbons (Fsp3) is 0.811. The van der Waals surface area contributed by atoms with E-state index in [0.717, 1.165) is 62.8 Å². The van der Waals surface area contributed by atoms with Gasteiger partial charge in [-0.2, -0.15) is 12.8 Å². The zero-order valence-corrected chi connectivity index (χ0v) is 69.6. The van der Waals surface area contributed by atoms with Crippen LogP contribution >= 0.6 is 0 Å². The summed E-state index contributed by atoms with van der Waals surface area (Å²) in [5, 5.41) is 0. The third-order valence-electron chi connectivity index (χ3n) is 21.5. The number of hydrogen-bond donors (Lipinski definition) is 0. The molecule has 0 fully saturated rings. The van der Waals surface area contributed by atoms with Crippen LogP contribution in [0.4, 0.5) is 0 Å². The number of nitrogens with zero attached hydrogens (tertiary/aromatic N) is 2. The summed E-state index contributed by atoms with van der Waals surface area (Å²) in [6.07, 6.45) is 93.8. The molecule has 0 spiro atoms. The van der Waals surface area contributed by atoms with Crippen LogP contribution in [0, 0.1) is 13.8 Å². The molecule has 0 unspecified atom stereocenters. The second kappa shape index (κ2) is 73.5. The van der Waals surface area contributed by atoms with Gasteiger partial charge in [-0.3, -0.25) is 0 Å². The minimum atomic E-state index is 0. The third kappa shape index (κ3) is 50.6. The standard InChI is InChI=1S/C57H94N2.2C19H39.Pd/c1-8-15-22-29-35-47-42-52(43-48(36-30-23-16-9-2)54(47)40-33-26-19-12-5)56-46-51(39-28-21-14-7)57(59(56)58)53-44-49(37-31-24-17-10-3)55(41-34-27-20-13-6)50(45-53)38-32-25-18-11-4;2*1-3-5-7-9-11-13-15-17-19-18-16-14-12-10-8-6-4-2;/h42-46H,8-41H2,1-7H3;2*1,3-19H2,2H3;/q;2*-1;+2. The van der Waals surface area contributed by atoms with Gasteiger partial charge in [0.25, 0.3) is 0 Å². The average molecular weight is 1450 g/mol. The van der Waals surface area contributed by atoms with E-state index in [1.54, 1.807) is 38.1 Å². The maximum atomic E-state index is 12.7. The van der Waals surface area contributed by atoms with Crippen molar-refractivity contribution in [3.63, 3.8) is 0 Å². The summed E-state index contributed by atoms with van der Waals surface area (Å²) in [5.41, 5.74) is 28.1. The van der Waals surface area contributed by atoms with Crippen LogP contribution < -0.4 is 0 Å². The minimum absolute atomic E-state index is 0. The van der Waals surface area contributed by atoms with Crippen molar-refractivity contribution < 1.29 is 25.1 Å². The first-order valence-electron chi connectivity index (χ1n) is 44.6. The molecule has 0 atom stereocenters. The molecule has 3 rings (SSSR count). The normalized spacial score (nSPS) is 12.1. The first-order chi connectivity index (χ1) is 47.8. The number of rotatable bonds is 68. The van der Waals surface area contributed by atoms with Gasteiger partial charge >= 0.3 is 20.4 Å². The number of hydrogen-bond acceptors (Lipinski definition) is 0. The second-order valence-electron chi connectivity index (χ2n) is 30.9. The fourth-order valence-corrected chi connectivity index (χ4v) is 15.1. The van der Waals surface area contributed by atoms with Crippen molar-refractivity contribution >= 4 is 11.4 Å². The summed E-state index contributed by atoms with van der Waals surface area (Å²) < 4.78 is 1.66. The summed E-state index contributed by atoms with van der Waals surface area (Å²) in [4.78, 5) is 0. The van der Waals surface area contributed by atoms with Crippen molar-refractivity contribution in [2.75, 3.05) is 0 Å². The van der Waals surface area contributed by atoms with Gasteiger partial charge in [0.05, 0.1) is 0 Å². The van der Waals surface area contributed by atoms with E-state index in [1.165, 1.54) is 402 Å². The molecule has 0 saturated heterocycles.